The topological polar surface area (TPSA) is 127 Å². The Kier molecular flexibility index (Phi) is 9.57. The van der Waals surface area contributed by atoms with Crippen molar-refractivity contribution in [1.29, 1.82) is 0 Å². The molecule has 0 fully saturated rings. The fourth-order valence-corrected chi connectivity index (χ4v) is 4.74. The summed E-state index contributed by atoms with van der Waals surface area (Å²) >= 11 is 0. The van der Waals surface area contributed by atoms with Crippen LogP contribution in [0.3, 0.4) is 0 Å². The number of carbonyl (C=O) groups is 3. The van der Waals surface area contributed by atoms with Gasteiger partial charge in [-0.1, -0.05) is 25.5 Å². The molecule has 0 saturated carbocycles. The molecule has 2 aromatic carbocycles. The van der Waals surface area contributed by atoms with Crippen LogP contribution in [0, 0.1) is 5.82 Å². The minimum atomic E-state index is -1.72. The van der Waals surface area contributed by atoms with E-state index in [1.165, 1.54) is 12.1 Å². The molecule has 0 radical (unpaired) electrons. The number of hydrogen-bond donors (Lipinski definition) is 3. The van der Waals surface area contributed by atoms with Crippen LogP contribution in [0.15, 0.2) is 54.7 Å². The van der Waals surface area contributed by atoms with Gasteiger partial charge in [0.05, 0.1) is 18.8 Å². The molecule has 192 valence electrons. The number of aromatic nitrogens is 1. The highest BCUT2D eigenvalue weighted by Crippen LogP contribution is 2.18. The Bertz CT molecular complexity index is 1240. The van der Waals surface area contributed by atoms with Gasteiger partial charge in [-0.3, -0.25) is 13.8 Å². The molecular formula is C25H28FN3O6S. The van der Waals surface area contributed by atoms with E-state index in [1.807, 2.05) is 6.92 Å². The lowest BCUT2D eigenvalue weighted by atomic mass is 10.2. The van der Waals surface area contributed by atoms with Gasteiger partial charge >= 0.3 is 12.1 Å². The summed E-state index contributed by atoms with van der Waals surface area (Å²) in [5.41, 5.74) is 1.90. The number of alkyl carbamates (subject to hydrolysis) is 1. The average Bonchev–Trinajstić information content (AvgIpc) is 3.21. The number of carboxylic acid groups (broad SMARTS) is 1. The summed E-state index contributed by atoms with van der Waals surface area (Å²) in [6.45, 7) is 2.17. The van der Waals surface area contributed by atoms with Crippen LogP contribution in [0.5, 0.6) is 0 Å². The van der Waals surface area contributed by atoms with E-state index in [1.54, 1.807) is 47.2 Å². The highest BCUT2D eigenvalue weighted by atomic mass is 32.2. The number of rotatable bonds is 12. The maximum absolute atomic E-state index is 13.4. The van der Waals surface area contributed by atoms with Crippen molar-refractivity contribution in [1.82, 2.24) is 9.88 Å². The second-order valence-electron chi connectivity index (χ2n) is 8.14. The normalized spacial score (nSPS) is 12.6. The van der Waals surface area contributed by atoms with Crippen molar-refractivity contribution in [3.8, 4) is 0 Å². The zero-order chi connectivity index (χ0) is 26.1. The van der Waals surface area contributed by atoms with E-state index < -0.39 is 34.7 Å². The van der Waals surface area contributed by atoms with Gasteiger partial charge in [0.2, 0.25) is 5.91 Å². The predicted molar refractivity (Wildman–Crippen MR) is 134 cm³/mol. The molecule has 0 spiro atoms. The first-order valence-corrected chi connectivity index (χ1v) is 12.8. The lowest BCUT2D eigenvalue weighted by molar-refractivity contribution is -0.137. The summed E-state index contributed by atoms with van der Waals surface area (Å²) in [5.74, 6) is -1.81. The average molecular weight is 518 g/mol. The van der Waals surface area contributed by atoms with Crippen LogP contribution in [-0.2, 0) is 37.4 Å². The van der Waals surface area contributed by atoms with Crippen molar-refractivity contribution >= 4 is 45.4 Å². The van der Waals surface area contributed by atoms with Crippen LogP contribution in [0.4, 0.5) is 14.9 Å². The molecule has 0 aliphatic heterocycles. The molecule has 1 aromatic heterocycles. The zero-order valence-electron chi connectivity index (χ0n) is 19.7. The Morgan fingerprint density at radius 3 is 2.58 bits per heavy atom. The zero-order valence-corrected chi connectivity index (χ0v) is 20.6. The van der Waals surface area contributed by atoms with Crippen molar-refractivity contribution in [2.24, 2.45) is 0 Å². The number of carbonyl (C=O) groups excluding carboxylic acids is 2. The van der Waals surface area contributed by atoms with Gasteiger partial charge in [-0.2, -0.15) is 0 Å². The number of aliphatic carboxylic acids is 1. The lowest BCUT2D eigenvalue weighted by Gasteiger charge is -2.17. The van der Waals surface area contributed by atoms with Crippen molar-refractivity contribution in [3.63, 3.8) is 0 Å². The van der Waals surface area contributed by atoms with Crippen molar-refractivity contribution in [2.75, 3.05) is 11.9 Å². The number of anilines is 1. The number of nitrogens with zero attached hydrogens (tertiary/aromatic N) is 1. The maximum Gasteiger partial charge on any atom is 0.408 e. The summed E-state index contributed by atoms with van der Waals surface area (Å²) in [6.07, 6.45) is 1.90. The molecule has 0 bridgehead atoms. The minimum Gasteiger partial charge on any atom is -0.481 e. The Balaban J connectivity index is 1.56. The summed E-state index contributed by atoms with van der Waals surface area (Å²) < 4.78 is 32.8. The van der Waals surface area contributed by atoms with Gasteiger partial charge in [-0.15, -0.1) is 0 Å². The van der Waals surface area contributed by atoms with Gasteiger partial charge in [0.15, 0.2) is 0 Å². The van der Waals surface area contributed by atoms with E-state index in [0.29, 0.717) is 23.1 Å². The molecule has 3 rings (SSSR count). The first-order valence-electron chi connectivity index (χ1n) is 11.4. The molecule has 0 saturated heterocycles. The fourth-order valence-electron chi connectivity index (χ4n) is 3.46. The third-order valence-corrected chi connectivity index (χ3v) is 6.82. The standard InChI is InChI=1S/C25H28FN3O6S/c1-2-3-12-35-25(33)28-23(14-24(31)32)36(34)16-17-4-7-20(8-5-17)27-22(30)15-29-11-10-18-13-19(26)6-9-21(18)29/h4-11,13,23H,2-3,12,14-16H2,1H3,(H,27,30)(H,28,33)(H,31,32). The lowest BCUT2D eigenvalue weighted by Crippen LogP contribution is -2.40. The largest absolute Gasteiger partial charge is 0.481 e. The van der Waals surface area contributed by atoms with Gasteiger partial charge < -0.3 is 25.0 Å². The number of halogens is 1. The van der Waals surface area contributed by atoms with E-state index in [4.69, 9.17) is 9.84 Å². The number of fused-ring (bicyclic) bond motifs is 1. The first kappa shape index (κ1) is 26.9. The summed E-state index contributed by atoms with van der Waals surface area (Å²) in [4.78, 5) is 35.5. The highest BCUT2D eigenvalue weighted by molar-refractivity contribution is 7.84. The second-order valence-corrected chi connectivity index (χ2v) is 9.76. The summed E-state index contributed by atoms with van der Waals surface area (Å²) in [5, 5.41) is 13.9. The van der Waals surface area contributed by atoms with Gasteiger partial charge in [0.1, 0.15) is 17.7 Å². The Labute approximate surface area is 210 Å². The Morgan fingerprint density at radius 1 is 1.14 bits per heavy atom. The van der Waals surface area contributed by atoms with Gasteiger partial charge in [0, 0.05) is 33.6 Å². The van der Waals surface area contributed by atoms with Crippen LogP contribution >= 0.6 is 0 Å². The van der Waals surface area contributed by atoms with Gasteiger partial charge in [0.25, 0.3) is 0 Å². The minimum absolute atomic E-state index is 0.00727. The van der Waals surface area contributed by atoms with Crippen LogP contribution in [0.2, 0.25) is 0 Å². The monoisotopic (exact) mass is 517 g/mol. The molecule has 3 aromatic rings. The van der Waals surface area contributed by atoms with E-state index in [-0.39, 0.29) is 30.6 Å². The molecule has 2 atom stereocenters. The van der Waals surface area contributed by atoms with E-state index >= 15 is 0 Å². The molecule has 3 N–H and O–H groups in total. The number of unbranched alkanes of at least 4 members (excludes halogenated alkanes) is 1. The van der Waals surface area contributed by atoms with E-state index in [2.05, 4.69) is 10.6 Å². The molecule has 0 aliphatic rings. The molecule has 1 heterocycles. The maximum atomic E-state index is 13.4. The highest BCUT2D eigenvalue weighted by Gasteiger charge is 2.23. The SMILES string of the molecule is CCCCOC(=O)NC(CC(=O)O)S(=O)Cc1ccc(NC(=O)Cn2ccc3cc(F)ccc32)cc1. The van der Waals surface area contributed by atoms with Gasteiger partial charge in [-0.05, 0) is 48.4 Å². The number of carboxylic acids is 1. The summed E-state index contributed by atoms with van der Waals surface area (Å²) in [6, 6.07) is 12.7. The molecular weight excluding hydrogens is 489 g/mol. The molecule has 9 nitrogen and oxygen atoms in total. The van der Waals surface area contributed by atoms with Crippen molar-refractivity contribution in [2.45, 2.75) is 43.9 Å². The molecule has 11 heteroatoms. The molecule has 2 unspecified atom stereocenters. The molecule has 0 aliphatic carbocycles. The number of amides is 2. The fraction of sp³-hybridized carbons (Fsp3) is 0.320. The van der Waals surface area contributed by atoms with Crippen LogP contribution in [-0.4, -0.2) is 43.8 Å². The second kappa shape index (κ2) is 12.8. The van der Waals surface area contributed by atoms with Crippen LogP contribution in [0.1, 0.15) is 31.7 Å². The quantitative estimate of drug-likeness (QED) is 0.312. The summed E-state index contributed by atoms with van der Waals surface area (Å²) in [7, 11) is -1.72. The van der Waals surface area contributed by atoms with Crippen molar-refractivity contribution < 1.29 is 32.8 Å². The third kappa shape index (κ3) is 7.91. The van der Waals surface area contributed by atoms with Crippen molar-refractivity contribution in [3.05, 3.63) is 66.1 Å². The Morgan fingerprint density at radius 2 is 1.89 bits per heavy atom. The van der Waals surface area contributed by atoms with Gasteiger partial charge in [-0.25, -0.2) is 9.18 Å². The number of ether oxygens (including phenoxy) is 1. The van der Waals surface area contributed by atoms with E-state index in [0.717, 1.165) is 11.9 Å². The number of hydrogen-bond acceptors (Lipinski definition) is 5. The molecule has 36 heavy (non-hydrogen) atoms. The number of nitrogens with one attached hydrogen (secondary N) is 2. The first-order chi connectivity index (χ1) is 17.2. The number of benzene rings is 2. The van der Waals surface area contributed by atoms with Crippen LogP contribution < -0.4 is 10.6 Å². The van der Waals surface area contributed by atoms with E-state index in [9.17, 15) is 23.0 Å². The smallest absolute Gasteiger partial charge is 0.408 e. The predicted octanol–water partition coefficient (Wildman–Crippen LogP) is 3.99. The van der Waals surface area contributed by atoms with Crippen LogP contribution in [0.25, 0.3) is 10.9 Å². The Hall–Kier alpha value is -3.73. The third-order valence-electron chi connectivity index (χ3n) is 5.28. The molecule has 2 amide bonds.